The van der Waals surface area contributed by atoms with Crippen molar-refractivity contribution in [2.24, 2.45) is 0 Å². The highest BCUT2D eigenvalue weighted by molar-refractivity contribution is 5.94. The standard InChI is InChI=1S/C19H23N5O4/c1-28-13-8-20-19(25)15-2-7-18(21-14-15)23-11-9-22(10-12-23)16-3-5-17(6-4-16)24(26)27/h2-7,14H,8-13H2,1H3,(H,20,25). The summed E-state index contributed by atoms with van der Waals surface area (Å²) in [5.74, 6) is 0.663. The maximum absolute atomic E-state index is 12.0. The van der Waals surface area contributed by atoms with Crippen LogP contribution in [0.25, 0.3) is 0 Å². The van der Waals surface area contributed by atoms with Gasteiger partial charge in [-0.2, -0.15) is 0 Å². The van der Waals surface area contributed by atoms with Crippen LogP contribution in [0.5, 0.6) is 0 Å². The van der Waals surface area contributed by atoms with Crippen molar-refractivity contribution in [1.29, 1.82) is 0 Å². The first-order chi connectivity index (χ1) is 13.6. The molecule has 9 nitrogen and oxygen atoms in total. The van der Waals surface area contributed by atoms with Crippen molar-refractivity contribution in [2.45, 2.75) is 0 Å². The van der Waals surface area contributed by atoms with Crippen LogP contribution in [0.15, 0.2) is 42.6 Å². The first-order valence-corrected chi connectivity index (χ1v) is 9.06. The van der Waals surface area contributed by atoms with E-state index in [2.05, 4.69) is 20.1 Å². The highest BCUT2D eigenvalue weighted by Gasteiger charge is 2.19. The molecule has 3 rings (SSSR count). The van der Waals surface area contributed by atoms with Crippen LogP contribution in [0.1, 0.15) is 10.4 Å². The summed E-state index contributed by atoms with van der Waals surface area (Å²) in [6.07, 6.45) is 1.58. The number of ether oxygens (including phenoxy) is 1. The number of methoxy groups -OCH3 is 1. The van der Waals surface area contributed by atoms with Crippen molar-refractivity contribution in [1.82, 2.24) is 10.3 Å². The fourth-order valence-corrected chi connectivity index (χ4v) is 3.06. The second kappa shape index (κ2) is 9.14. The number of hydrogen-bond acceptors (Lipinski definition) is 7. The van der Waals surface area contributed by atoms with Gasteiger partial charge in [0.15, 0.2) is 0 Å². The van der Waals surface area contributed by atoms with Gasteiger partial charge in [0, 0.05) is 63.9 Å². The van der Waals surface area contributed by atoms with Gasteiger partial charge < -0.3 is 19.9 Å². The number of amides is 1. The first kappa shape index (κ1) is 19.6. The predicted octanol–water partition coefficient (Wildman–Crippen LogP) is 1.69. The van der Waals surface area contributed by atoms with E-state index in [0.717, 1.165) is 37.7 Å². The normalized spacial score (nSPS) is 14.0. The minimum Gasteiger partial charge on any atom is -0.383 e. The van der Waals surface area contributed by atoms with E-state index < -0.39 is 4.92 Å². The molecule has 1 aromatic heterocycles. The van der Waals surface area contributed by atoms with Gasteiger partial charge in [0.25, 0.3) is 11.6 Å². The van der Waals surface area contributed by atoms with E-state index in [1.165, 1.54) is 12.1 Å². The summed E-state index contributed by atoms with van der Waals surface area (Å²) >= 11 is 0. The Morgan fingerprint density at radius 2 is 1.82 bits per heavy atom. The number of rotatable bonds is 7. The minimum absolute atomic E-state index is 0.0953. The molecule has 9 heteroatoms. The second-order valence-corrected chi connectivity index (χ2v) is 6.40. The molecule has 0 radical (unpaired) electrons. The lowest BCUT2D eigenvalue weighted by atomic mass is 10.2. The molecule has 28 heavy (non-hydrogen) atoms. The van der Waals surface area contributed by atoms with Crippen molar-refractivity contribution < 1.29 is 14.5 Å². The van der Waals surface area contributed by atoms with Gasteiger partial charge in [0.1, 0.15) is 5.82 Å². The summed E-state index contributed by atoms with van der Waals surface area (Å²) in [6, 6.07) is 10.2. The summed E-state index contributed by atoms with van der Waals surface area (Å²) < 4.78 is 4.91. The van der Waals surface area contributed by atoms with Crippen LogP contribution in [0, 0.1) is 10.1 Å². The number of hydrogen-bond donors (Lipinski definition) is 1. The molecule has 0 saturated carbocycles. The molecule has 148 valence electrons. The molecule has 0 bridgehead atoms. The summed E-state index contributed by atoms with van der Waals surface area (Å²) in [5.41, 5.74) is 1.59. The van der Waals surface area contributed by atoms with Crippen LogP contribution in [0.2, 0.25) is 0 Å². The zero-order valence-electron chi connectivity index (χ0n) is 15.7. The van der Waals surface area contributed by atoms with Gasteiger partial charge in [-0.05, 0) is 24.3 Å². The number of non-ortho nitro benzene ring substituents is 1. The van der Waals surface area contributed by atoms with E-state index in [9.17, 15) is 14.9 Å². The molecule has 1 amide bonds. The average Bonchev–Trinajstić information content (AvgIpc) is 2.74. The smallest absolute Gasteiger partial charge is 0.269 e. The van der Waals surface area contributed by atoms with E-state index in [1.807, 2.05) is 6.07 Å². The number of nitrogens with zero attached hydrogens (tertiary/aromatic N) is 4. The van der Waals surface area contributed by atoms with E-state index in [0.29, 0.717) is 18.7 Å². The highest BCUT2D eigenvalue weighted by atomic mass is 16.6. The zero-order valence-corrected chi connectivity index (χ0v) is 15.7. The number of anilines is 2. The van der Waals surface area contributed by atoms with Gasteiger partial charge >= 0.3 is 0 Å². The van der Waals surface area contributed by atoms with Crippen LogP contribution in [-0.4, -0.2) is 62.3 Å². The molecule has 2 heterocycles. The largest absolute Gasteiger partial charge is 0.383 e. The third kappa shape index (κ3) is 4.74. The Balaban J connectivity index is 1.54. The van der Waals surface area contributed by atoms with Gasteiger partial charge in [0.2, 0.25) is 0 Å². The maximum Gasteiger partial charge on any atom is 0.269 e. The number of aromatic nitrogens is 1. The summed E-state index contributed by atoms with van der Waals surface area (Å²) in [5, 5.41) is 13.5. The van der Waals surface area contributed by atoms with Crippen LogP contribution in [-0.2, 0) is 4.74 Å². The van der Waals surface area contributed by atoms with Gasteiger partial charge in [-0.15, -0.1) is 0 Å². The number of nitro benzene ring substituents is 1. The van der Waals surface area contributed by atoms with Gasteiger partial charge in [0.05, 0.1) is 17.1 Å². The lowest BCUT2D eigenvalue weighted by molar-refractivity contribution is -0.384. The lowest BCUT2D eigenvalue weighted by Gasteiger charge is -2.36. The molecule has 1 aliphatic heterocycles. The second-order valence-electron chi connectivity index (χ2n) is 6.40. The molecule has 1 saturated heterocycles. The average molecular weight is 385 g/mol. The Morgan fingerprint density at radius 1 is 1.14 bits per heavy atom. The fourth-order valence-electron chi connectivity index (χ4n) is 3.06. The SMILES string of the molecule is COCCNC(=O)c1ccc(N2CCN(c3ccc([N+](=O)[O-])cc3)CC2)nc1. The monoisotopic (exact) mass is 385 g/mol. The molecule has 1 aromatic carbocycles. The third-order valence-corrected chi connectivity index (χ3v) is 4.63. The number of pyridine rings is 1. The topological polar surface area (TPSA) is 101 Å². The Labute approximate surface area is 163 Å². The van der Waals surface area contributed by atoms with E-state index in [-0.39, 0.29) is 11.6 Å². The maximum atomic E-state index is 12.0. The van der Waals surface area contributed by atoms with E-state index >= 15 is 0 Å². The molecule has 1 fully saturated rings. The molecule has 0 aliphatic carbocycles. The summed E-state index contributed by atoms with van der Waals surface area (Å²) in [4.78, 5) is 31.2. The molecule has 0 unspecified atom stereocenters. The minimum atomic E-state index is -0.394. The first-order valence-electron chi connectivity index (χ1n) is 9.06. The Hall–Kier alpha value is -3.20. The van der Waals surface area contributed by atoms with E-state index in [1.54, 1.807) is 31.5 Å². The van der Waals surface area contributed by atoms with Crippen molar-refractivity contribution in [3.05, 3.63) is 58.3 Å². The summed E-state index contributed by atoms with van der Waals surface area (Å²) in [7, 11) is 1.59. The molecular weight excluding hydrogens is 362 g/mol. The third-order valence-electron chi connectivity index (χ3n) is 4.63. The number of nitro groups is 1. The van der Waals surface area contributed by atoms with Crippen molar-refractivity contribution in [3.63, 3.8) is 0 Å². The van der Waals surface area contributed by atoms with Gasteiger partial charge in [-0.3, -0.25) is 14.9 Å². The van der Waals surface area contributed by atoms with Crippen LogP contribution in [0.4, 0.5) is 17.2 Å². The quantitative estimate of drug-likeness (QED) is 0.440. The molecule has 2 aromatic rings. The molecule has 1 N–H and O–H groups in total. The number of nitrogens with one attached hydrogen (secondary N) is 1. The van der Waals surface area contributed by atoms with Crippen LogP contribution >= 0.6 is 0 Å². The Kier molecular flexibility index (Phi) is 6.38. The molecular formula is C19H23N5O4. The van der Waals surface area contributed by atoms with Crippen LogP contribution in [0.3, 0.4) is 0 Å². The molecule has 1 aliphatic rings. The van der Waals surface area contributed by atoms with E-state index in [4.69, 9.17) is 4.74 Å². The van der Waals surface area contributed by atoms with Crippen LogP contribution < -0.4 is 15.1 Å². The number of carbonyl (C=O) groups is 1. The number of piperazine rings is 1. The van der Waals surface area contributed by atoms with Gasteiger partial charge in [-0.25, -0.2) is 4.98 Å². The number of benzene rings is 1. The van der Waals surface area contributed by atoms with Crippen molar-refractivity contribution >= 4 is 23.1 Å². The highest BCUT2D eigenvalue weighted by Crippen LogP contribution is 2.22. The lowest BCUT2D eigenvalue weighted by Crippen LogP contribution is -2.46. The Morgan fingerprint density at radius 3 is 2.39 bits per heavy atom. The molecule has 0 atom stereocenters. The number of carbonyl (C=O) groups excluding carboxylic acids is 1. The Bertz CT molecular complexity index is 802. The van der Waals surface area contributed by atoms with Crippen molar-refractivity contribution in [2.75, 3.05) is 56.2 Å². The zero-order chi connectivity index (χ0) is 19.9. The van der Waals surface area contributed by atoms with Crippen molar-refractivity contribution in [3.8, 4) is 0 Å². The molecule has 0 spiro atoms. The predicted molar refractivity (Wildman–Crippen MR) is 106 cm³/mol. The van der Waals surface area contributed by atoms with Gasteiger partial charge in [-0.1, -0.05) is 0 Å². The summed E-state index contributed by atoms with van der Waals surface area (Å²) in [6.45, 7) is 4.07. The fraction of sp³-hybridized carbons (Fsp3) is 0.368.